The van der Waals surface area contributed by atoms with Crippen LogP contribution in [-0.2, 0) is 15.7 Å². The highest BCUT2D eigenvalue weighted by atomic mass is 79.9. The Balaban J connectivity index is 2.22. The quantitative estimate of drug-likeness (QED) is 0.719. The van der Waals surface area contributed by atoms with Gasteiger partial charge in [-0.05, 0) is 54.8 Å². The summed E-state index contributed by atoms with van der Waals surface area (Å²) in [7, 11) is 1.67. The van der Waals surface area contributed by atoms with Gasteiger partial charge in [0, 0.05) is 15.2 Å². The Morgan fingerprint density at radius 1 is 1.05 bits per heavy atom. The van der Waals surface area contributed by atoms with E-state index in [4.69, 9.17) is 15.4 Å². The molecule has 0 fully saturated rings. The van der Waals surface area contributed by atoms with Crippen molar-refractivity contribution in [2.45, 2.75) is 25.3 Å². The highest BCUT2D eigenvalue weighted by Gasteiger charge is 2.16. The standard InChI is InChI=1S/C15H14BrClO3S/c1-10-11(2)15(21(17,18)19)8-7-14(10)20-9-12-3-5-13(16)6-4-12/h3-8H,9H2,1-2H3. The van der Waals surface area contributed by atoms with Gasteiger partial charge in [0.2, 0.25) is 0 Å². The summed E-state index contributed by atoms with van der Waals surface area (Å²) in [5.41, 5.74) is 2.41. The third-order valence-corrected chi connectivity index (χ3v) is 5.25. The molecule has 2 rings (SSSR count). The average Bonchev–Trinajstić information content (AvgIpc) is 2.41. The Kier molecular flexibility index (Phi) is 4.96. The molecule has 0 aliphatic carbocycles. The molecule has 0 spiro atoms. The highest BCUT2D eigenvalue weighted by molar-refractivity contribution is 9.10. The van der Waals surface area contributed by atoms with Crippen molar-refractivity contribution in [2.75, 3.05) is 0 Å². The summed E-state index contributed by atoms with van der Waals surface area (Å²) in [5.74, 6) is 0.652. The van der Waals surface area contributed by atoms with Crippen molar-refractivity contribution < 1.29 is 13.2 Å². The van der Waals surface area contributed by atoms with Crippen LogP contribution in [0.15, 0.2) is 45.8 Å². The van der Waals surface area contributed by atoms with Crippen molar-refractivity contribution in [2.24, 2.45) is 0 Å². The van der Waals surface area contributed by atoms with Gasteiger partial charge in [0.05, 0.1) is 4.90 Å². The largest absolute Gasteiger partial charge is 0.489 e. The molecular formula is C15H14BrClO3S. The molecule has 0 radical (unpaired) electrons. The molecule has 0 aliphatic rings. The molecule has 21 heavy (non-hydrogen) atoms. The van der Waals surface area contributed by atoms with Crippen molar-refractivity contribution in [3.05, 3.63) is 57.6 Å². The SMILES string of the molecule is Cc1c(OCc2ccc(Br)cc2)ccc(S(=O)(=O)Cl)c1C. The maximum absolute atomic E-state index is 11.4. The molecule has 0 saturated heterocycles. The van der Waals surface area contributed by atoms with E-state index in [9.17, 15) is 8.42 Å². The third kappa shape index (κ3) is 3.99. The van der Waals surface area contributed by atoms with Crippen molar-refractivity contribution >= 4 is 35.7 Å². The zero-order valence-electron chi connectivity index (χ0n) is 11.6. The first-order chi connectivity index (χ1) is 9.79. The molecule has 0 aromatic heterocycles. The summed E-state index contributed by atoms with van der Waals surface area (Å²) in [6.07, 6.45) is 0. The Bertz CT molecular complexity index is 755. The van der Waals surface area contributed by atoms with Gasteiger partial charge in [-0.2, -0.15) is 0 Å². The number of benzene rings is 2. The van der Waals surface area contributed by atoms with E-state index in [2.05, 4.69) is 15.9 Å². The predicted molar refractivity (Wildman–Crippen MR) is 87.4 cm³/mol. The van der Waals surface area contributed by atoms with E-state index < -0.39 is 9.05 Å². The zero-order chi connectivity index (χ0) is 15.6. The van der Waals surface area contributed by atoms with Gasteiger partial charge in [0.25, 0.3) is 9.05 Å². The van der Waals surface area contributed by atoms with Crippen molar-refractivity contribution in [3.8, 4) is 5.75 Å². The average molecular weight is 390 g/mol. The summed E-state index contributed by atoms with van der Waals surface area (Å²) in [6.45, 7) is 3.95. The van der Waals surface area contributed by atoms with E-state index in [0.29, 0.717) is 17.9 Å². The van der Waals surface area contributed by atoms with Crippen LogP contribution < -0.4 is 4.74 Å². The van der Waals surface area contributed by atoms with Crippen LogP contribution in [0.25, 0.3) is 0 Å². The molecule has 0 unspecified atom stereocenters. The first kappa shape index (κ1) is 16.3. The smallest absolute Gasteiger partial charge is 0.261 e. The van der Waals surface area contributed by atoms with Crippen molar-refractivity contribution in [3.63, 3.8) is 0 Å². The molecule has 112 valence electrons. The number of halogens is 2. The molecule has 2 aromatic carbocycles. The van der Waals surface area contributed by atoms with Crippen LogP contribution in [0.5, 0.6) is 5.75 Å². The molecule has 0 N–H and O–H groups in total. The van der Waals surface area contributed by atoms with Gasteiger partial charge in [-0.1, -0.05) is 28.1 Å². The normalized spacial score (nSPS) is 11.4. The Morgan fingerprint density at radius 2 is 1.67 bits per heavy atom. The molecule has 0 bridgehead atoms. The lowest BCUT2D eigenvalue weighted by Gasteiger charge is -2.13. The summed E-state index contributed by atoms with van der Waals surface area (Å²) in [5, 5.41) is 0. The predicted octanol–water partition coefficient (Wildman–Crippen LogP) is 4.57. The van der Waals surface area contributed by atoms with Gasteiger partial charge in [-0.15, -0.1) is 0 Å². The Hall–Kier alpha value is -1.04. The fraction of sp³-hybridized carbons (Fsp3) is 0.200. The second-order valence-electron chi connectivity index (χ2n) is 4.66. The Labute approximate surface area is 137 Å². The minimum Gasteiger partial charge on any atom is -0.489 e. The van der Waals surface area contributed by atoms with Gasteiger partial charge in [0.15, 0.2) is 0 Å². The fourth-order valence-electron chi connectivity index (χ4n) is 1.93. The third-order valence-electron chi connectivity index (χ3n) is 3.26. The van der Waals surface area contributed by atoms with Gasteiger partial charge >= 0.3 is 0 Å². The van der Waals surface area contributed by atoms with E-state index in [1.54, 1.807) is 13.0 Å². The lowest BCUT2D eigenvalue weighted by Crippen LogP contribution is -2.01. The lowest BCUT2D eigenvalue weighted by atomic mass is 10.1. The molecule has 0 amide bonds. The van der Waals surface area contributed by atoms with E-state index in [1.807, 2.05) is 31.2 Å². The molecule has 0 aliphatic heterocycles. The van der Waals surface area contributed by atoms with Crippen LogP contribution in [0.2, 0.25) is 0 Å². The monoisotopic (exact) mass is 388 g/mol. The molecule has 0 atom stereocenters. The molecule has 2 aromatic rings. The van der Waals surface area contributed by atoms with Gasteiger partial charge in [0.1, 0.15) is 12.4 Å². The van der Waals surface area contributed by atoms with Crippen molar-refractivity contribution in [1.82, 2.24) is 0 Å². The number of rotatable bonds is 4. The fourth-order valence-corrected chi connectivity index (χ4v) is 3.45. The molecular weight excluding hydrogens is 376 g/mol. The van der Waals surface area contributed by atoms with Crippen molar-refractivity contribution in [1.29, 1.82) is 0 Å². The first-order valence-electron chi connectivity index (χ1n) is 6.21. The van der Waals surface area contributed by atoms with Gasteiger partial charge < -0.3 is 4.74 Å². The zero-order valence-corrected chi connectivity index (χ0v) is 14.7. The van der Waals surface area contributed by atoms with Gasteiger partial charge in [-0.25, -0.2) is 8.42 Å². The van der Waals surface area contributed by atoms with Crippen LogP contribution >= 0.6 is 26.6 Å². The maximum Gasteiger partial charge on any atom is 0.261 e. The van der Waals surface area contributed by atoms with E-state index >= 15 is 0 Å². The van der Waals surface area contributed by atoms with Crippen LogP contribution in [0.3, 0.4) is 0 Å². The van der Waals surface area contributed by atoms with Crippen LogP contribution in [0.4, 0.5) is 0 Å². The van der Waals surface area contributed by atoms with E-state index in [1.165, 1.54) is 6.07 Å². The van der Waals surface area contributed by atoms with Gasteiger partial charge in [-0.3, -0.25) is 0 Å². The molecule has 0 saturated carbocycles. The van der Waals surface area contributed by atoms with Crippen LogP contribution in [0.1, 0.15) is 16.7 Å². The first-order valence-corrected chi connectivity index (χ1v) is 9.31. The molecule has 6 heteroatoms. The summed E-state index contributed by atoms with van der Waals surface area (Å²) in [4.78, 5) is 0.123. The minimum absolute atomic E-state index is 0.123. The Morgan fingerprint density at radius 3 is 2.24 bits per heavy atom. The number of hydrogen-bond acceptors (Lipinski definition) is 3. The molecule has 0 heterocycles. The second kappa shape index (κ2) is 6.38. The lowest BCUT2D eigenvalue weighted by molar-refractivity contribution is 0.303. The van der Waals surface area contributed by atoms with Crippen LogP contribution in [-0.4, -0.2) is 8.42 Å². The number of ether oxygens (including phenoxy) is 1. The topological polar surface area (TPSA) is 43.4 Å². The van der Waals surface area contributed by atoms with E-state index in [-0.39, 0.29) is 4.90 Å². The summed E-state index contributed by atoms with van der Waals surface area (Å²) < 4.78 is 29.7. The summed E-state index contributed by atoms with van der Waals surface area (Å²) in [6, 6.07) is 10.9. The van der Waals surface area contributed by atoms with Crippen LogP contribution in [0, 0.1) is 13.8 Å². The van der Waals surface area contributed by atoms with E-state index in [0.717, 1.165) is 15.6 Å². The maximum atomic E-state index is 11.4. The molecule has 3 nitrogen and oxygen atoms in total. The second-order valence-corrected chi connectivity index (χ2v) is 8.11. The minimum atomic E-state index is -3.73. The summed E-state index contributed by atoms with van der Waals surface area (Å²) >= 11 is 3.38. The number of hydrogen-bond donors (Lipinski definition) is 0. The highest BCUT2D eigenvalue weighted by Crippen LogP contribution is 2.29.